The largest absolute Gasteiger partial charge is 0.439 e. The Kier molecular flexibility index (Phi) is 6.03. The molecule has 1 aromatic carbocycles. The standard InChI is InChI=1S/C24H22N8O3/c1-2-32-19-12-21(27-14-18(19)29-24(32)22-23(25)31-35-30-22)34-17-7-3-6-16(11-17)28-20(33)9-8-15-5-4-10-26-13-15/h3-7,10-14H,2,8-9H2,1H3,(H2,25,31)(H,28,33). The number of carbonyl (C=O) groups is 1. The molecule has 0 unspecified atom stereocenters. The first-order valence-electron chi connectivity index (χ1n) is 11.0. The highest BCUT2D eigenvalue weighted by Gasteiger charge is 2.19. The Labute approximate surface area is 199 Å². The molecular weight excluding hydrogens is 448 g/mol. The highest BCUT2D eigenvalue weighted by molar-refractivity contribution is 5.91. The summed E-state index contributed by atoms with van der Waals surface area (Å²) in [5.41, 5.74) is 9.33. The van der Waals surface area contributed by atoms with E-state index in [9.17, 15) is 4.79 Å². The summed E-state index contributed by atoms with van der Waals surface area (Å²) in [4.78, 5) is 25.4. The second-order valence-electron chi connectivity index (χ2n) is 7.73. The minimum atomic E-state index is -0.0912. The van der Waals surface area contributed by atoms with Crippen molar-refractivity contribution >= 4 is 28.4 Å². The van der Waals surface area contributed by atoms with Gasteiger partial charge in [-0.2, -0.15) is 0 Å². The third-order valence-corrected chi connectivity index (χ3v) is 5.36. The highest BCUT2D eigenvalue weighted by atomic mass is 16.6. The van der Waals surface area contributed by atoms with Crippen LogP contribution >= 0.6 is 0 Å². The Balaban J connectivity index is 1.31. The van der Waals surface area contributed by atoms with Crippen molar-refractivity contribution in [2.24, 2.45) is 0 Å². The van der Waals surface area contributed by atoms with Gasteiger partial charge in [0.1, 0.15) is 11.3 Å². The first kappa shape index (κ1) is 22.0. The van der Waals surface area contributed by atoms with Crippen LogP contribution in [-0.4, -0.2) is 35.7 Å². The van der Waals surface area contributed by atoms with E-state index in [2.05, 4.69) is 30.6 Å². The number of aryl methyl sites for hydroxylation is 2. The fourth-order valence-corrected chi connectivity index (χ4v) is 3.70. The molecule has 1 amide bonds. The molecule has 5 rings (SSSR count). The van der Waals surface area contributed by atoms with Crippen LogP contribution in [-0.2, 0) is 17.8 Å². The van der Waals surface area contributed by atoms with E-state index in [0.717, 1.165) is 11.1 Å². The van der Waals surface area contributed by atoms with Gasteiger partial charge >= 0.3 is 0 Å². The summed E-state index contributed by atoms with van der Waals surface area (Å²) < 4.78 is 12.6. The van der Waals surface area contributed by atoms with Crippen LogP contribution in [0.1, 0.15) is 18.9 Å². The van der Waals surface area contributed by atoms with E-state index in [1.54, 1.807) is 48.9 Å². The van der Waals surface area contributed by atoms with Crippen LogP contribution in [0.4, 0.5) is 11.5 Å². The van der Waals surface area contributed by atoms with E-state index < -0.39 is 0 Å². The average Bonchev–Trinajstić information content (AvgIpc) is 3.46. The molecule has 11 heteroatoms. The van der Waals surface area contributed by atoms with Gasteiger partial charge in [-0.05, 0) is 47.4 Å². The number of anilines is 2. The Bertz CT molecular complexity index is 1480. The molecule has 0 saturated heterocycles. The van der Waals surface area contributed by atoms with Crippen molar-refractivity contribution in [2.75, 3.05) is 11.1 Å². The number of aromatic nitrogens is 6. The zero-order valence-electron chi connectivity index (χ0n) is 18.9. The van der Waals surface area contributed by atoms with Gasteiger partial charge in [0.2, 0.25) is 11.8 Å². The van der Waals surface area contributed by atoms with E-state index >= 15 is 0 Å². The molecule has 0 fully saturated rings. The van der Waals surface area contributed by atoms with Gasteiger partial charge in [-0.3, -0.25) is 9.78 Å². The van der Waals surface area contributed by atoms with Gasteiger partial charge in [0.25, 0.3) is 0 Å². The van der Waals surface area contributed by atoms with Crippen LogP contribution < -0.4 is 15.8 Å². The van der Waals surface area contributed by atoms with E-state index in [1.807, 2.05) is 23.6 Å². The molecule has 0 bridgehead atoms. The van der Waals surface area contributed by atoms with Crippen LogP contribution in [0.15, 0.2) is 65.7 Å². The lowest BCUT2D eigenvalue weighted by Crippen LogP contribution is -2.12. The number of amides is 1. The van der Waals surface area contributed by atoms with Crippen LogP contribution in [0.5, 0.6) is 11.6 Å². The number of benzene rings is 1. The summed E-state index contributed by atoms with van der Waals surface area (Å²) in [6.07, 6.45) is 6.05. The SMILES string of the molecule is CCn1c(-c2nonc2N)nc2cnc(Oc3cccc(NC(=O)CCc4cccnc4)c3)cc21. The molecule has 0 atom stereocenters. The van der Waals surface area contributed by atoms with Crippen LogP contribution in [0, 0.1) is 0 Å². The molecule has 176 valence electrons. The number of nitrogens with zero attached hydrogens (tertiary/aromatic N) is 6. The van der Waals surface area contributed by atoms with Crippen molar-refractivity contribution in [2.45, 2.75) is 26.3 Å². The fourth-order valence-electron chi connectivity index (χ4n) is 3.70. The van der Waals surface area contributed by atoms with Crippen LogP contribution in [0.2, 0.25) is 0 Å². The number of imidazole rings is 1. The minimum absolute atomic E-state index is 0.0912. The summed E-state index contributed by atoms with van der Waals surface area (Å²) in [6, 6.07) is 12.7. The third-order valence-electron chi connectivity index (χ3n) is 5.36. The first-order valence-corrected chi connectivity index (χ1v) is 11.0. The number of rotatable bonds is 8. The molecule has 0 spiro atoms. The smallest absolute Gasteiger partial charge is 0.224 e. The summed E-state index contributed by atoms with van der Waals surface area (Å²) in [7, 11) is 0. The molecule has 35 heavy (non-hydrogen) atoms. The third kappa shape index (κ3) is 4.78. The van der Waals surface area contributed by atoms with Gasteiger partial charge < -0.3 is 20.4 Å². The van der Waals surface area contributed by atoms with Crippen molar-refractivity contribution in [3.8, 4) is 23.1 Å². The van der Waals surface area contributed by atoms with E-state index in [0.29, 0.717) is 53.7 Å². The lowest BCUT2D eigenvalue weighted by atomic mass is 10.1. The first-order chi connectivity index (χ1) is 17.1. The van der Waals surface area contributed by atoms with Crippen molar-refractivity contribution in [1.82, 2.24) is 29.8 Å². The van der Waals surface area contributed by atoms with Crippen LogP contribution in [0.25, 0.3) is 22.6 Å². The number of pyridine rings is 2. The van der Waals surface area contributed by atoms with E-state index in [-0.39, 0.29) is 11.7 Å². The quantitative estimate of drug-likeness (QED) is 0.345. The predicted octanol–water partition coefficient (Wildman–Crippen LogP) is 3.84. The Morgan fingerprint density at radius 2 is 2.09 bits per heavy atom. The van der Waals surface area contributed by atoms with Crippen molar-refractivity contribution in [3.05, 3.63) is 66.6 Å². The predicted molar refractivity (Wildman–Crippen MR) is 129 cm³/mol. The summed E-state index contributed by atoms with van der Waals surface area (Å²) in [6.45, 7) is 2.60. The molecule has 0 radical (unpaired) electrons. The maximum Gasteiger partial charge on any atom is 0.224 e. The Hall–Kier alpha value is -4.80. The number of hydrogen-bond donors (Lipinski definition) is 2. The average molecular weight is 470 g/mol. The second-order valence-corrected chi connectivity index (χ2v) is 7.73. The Morgan fingerprint density at radius 3 is 2.86 bits per heavy atom. The molecule has 4 aromatic heterocycles. The molecular formula is C24H22N8O3. The number of nitrogens with one attached hydrogen (secondary N) is 1. The fraction of sp³-hybridized carbons (Fsp3) is 0.167. The summed E-state index contributed by atoms with van der Waals surface area (Å²) in [5, 5.41) is 10.4. The minimum Gasteiger partial charge on any atom is -0.439 e. The van der Waals surface area contributed by atoms with E-state index in [4.69, 9.17) is 15.1 Å². The maximum absolute atomic E-state index is 12.4. The van der Waals surface area contributed by atoms with Crippen molar-refractivity contribution in [1.29, 1.82) is 0 Å². The zero-order valence-corrected chi connectivity index (χ0v) is 18.9. The van der Waals surface area contributed by atoms with Crippen LogP contribution in [0.3, 0.4) is 0 Å². The normalized spacial score (nSPS) is 11.0. The number of nitrogen functional groups attached to an aromatic ring is 1. The van der Waals surface area contributed by atoms with Gasteiger partial charge in [-0.1, -0.05) is 12.1 Å². The molecule has 0 aliphatic rings. The number of fused-ring (bicyclic) bond motifs is 1. The molecule has 3 N–H and O–H groups in total. The summed E-state index contributed by atoms with van der Waals surface area (Å²) >= 11 is 0. The second kappa shape index (κ2) is 9.59. The number of carbonyl (C=O) groups excluding carboxylic acids is 1. The lowest BCUT2D eigenvalue weighted by molar-refractivity contribution is -0.116. The molecule has 0 aliphatic heterocycles. The Morgan fingerprint density at radius 1 is 1.17 bits per heavy atom. The molecule has 5 aromatic rings. The summed E-state index contributed by atoms with van der Waals surface area (Å²) in [5.74, 6) is 1.53. The van der Waals surface area contributed by atoms with Gasteiger partial charge in [0.05, 0.1) is 11.7 Å². The highest BCUT2D eigenvalue weighted by Crippen LogP contribution is 2.29. The van der Waals surface area contributed by atoms with Gasteiger partial charge in [-0.15, -0.1) is 0 Å². The zero-order chi connectivity index (χ0) is 24.2. The van der Waals surface area contributed by atoms with E-state index in [1.165, 1.54) is 0 Å². The molecule has 0 aliphatic carbocycles. The maximum atomic E-state index is 12.4. The van der Waals surface area contributed by atoms with Crippen molar-refractivity contribution < 1.29 is 14.2 Å². The van der Waals surface area contributed by atoms with Gasteiger partial charge in [0.15, 0.2) is 17.3 Å². The number of ether oxygens (including phenoxy) is 1. The molecule has 0 saturated carbocycles. The number of nitrogens with two attached hydrogens (primary N) is 1. The van der Waals surface area contributed by atoms with Gasteiger partial charge in [-0.25, -0.2) is 14.6 Å². The molecule has 4 heterocycles. The monoisotopic (exact) mass is 470 g/mol. The molecule has 11 nitrogen and oxygen atoms in total. The lowest BCUT2D eigenvalue weighted by Gasteiger charge is -2.09. The topological polar surface area (TPSA) is 147 Å². The van der Waals surface area contributed by atoms with Gasteiger partial charge in [0, 0.05) is 43.2 Å². The van der Waals surface area contributed by atoms with Crippen molar-refractivity contribution in [3.63, 3.8) is 0 Å². The number of hydrogen-bond acceptors (Lipinski definition) is 9.